The molecule has 0 aliphatic carbocycles. The van der Waals surface area contributed by atoms with E-state index in [0.717, 1.165) is 0 Å². The first-order valence-electron chi connectivity index (χ1n) is 5.23. The first kappa shape index (κ1) is 15.2. The summed E-state index contributed by atoms with van der Waals surface area (Å²) in [5.41, 5.74) is 5.33. The third kappa shape index (κ3) is 11.3. The molecule has 0 spiro atoms. The van der Waals surface area contributed by atoms with Crippen molar-refractivity contribution in [2.24, 2.45) is 5.73 Å². The summed E-state index contributed by atoms with van der Waals surface area (Å²) >= 11 is 0. The van der Waals surface area contributed by atoms with Gasteiger partial charge in [0.05, 0.1) is 6.61 Å². The zero-order chi connectivity index (χ0) is 12.6. The van der Waals surface area contributed by atoms with Crippen LogP contribution in [0.15, 0.2) is 0 Å². The second kappa shape index (κ2) is 7.51. The van der Waals surface area contributed by atoms with Gasteiger partial charge in [0.1, 0.15) is 6.61 Å². The molecule has 96 valence electrons. The van der Waals surface area contributed by atoms with Crippen molar-refractivity contribution in [1.29, 1.82) is 0 Å². The van der Waals surface area contributed by atoms with Gasteiger partial charge in [0, 0.05) is 18.5 Å². The van der Waals surface area contributed by atoms with Crippen LogP contribution in [0.1, 0.15) is 26.7 Å². The average molecular weight is 238 g/mol. The second-order valence-electron chi connectivity index (χ2n) is 4.30. The van der Waals surface area contributed by atoms with Gasteiger partial charge < -0.3 is 15.8 Å². The highest BCUT2D eigenvalue weighted by atomic mass is 19.3. The highest BCUT2D eigenvalue weighted by Crippen LogP contribution is 2.06. The molecular weight excluding hydrogens is 218 g/mol. The molecule has 0 atom stereocenters. The fourth-order valence-corrected chi connectivity index (χ4v) is 0.959. The Bertz CT molecular complexity index is 205. The van der Waals surface area contributed by atoms with E-state index in [9.17, 15) is 13.6 Å². The Morgan fingerprint density at radius 3 is 2.62 bits per heavy atom. The summed E-state index contributed by atoms with van der Waals surface area (Å²) in [6.45, 7) is 3.43. The molecule has 0 aliphatic heterocycles. The lowest BCUT2D eigenvalue weighted by atomic mass is 10.00. The first-order valence-corrected chi connectivity index (χ1v) is 5.23. The topological polar surface area (TPSA) is 64.4 Å². The molecule has 4 nitrogen and oxygen atoms in total. The van der Waals surface area contributed by atoms with Crippen LogP contribution in [0.3, 0.4) is 0 Å². The van der Waals surface area contributed by atoms with Gasteiger partial charge in [-0.15, -0.1) is 0 Å². The van der Waals surface area contributed by atoms with E-state index in [-0.39, 0.29) is 24.6 Å². The van der Waals surface area contributed by atoms with Gasteiger partial charge >= 0.3 is 0 Å². The van der Waals surface area contributed by atoms with Crippen LogP contribution in [-0.4, -0.2) is 37.6 Å². The van der Waals surface area contributed by atoms with Gasteiger partial charge in [-0.25, -0.2) is 8.78 Å². The maximum Gasteiger partial charge on any atom is 0.261 e. The zero-order valence-corrected chi connectivity index (χ0v) is 9.76. The van der Waals surface area contributed by atoms with Gasteiger partial charge in [0.2, 0.25) is 5.91 Å². The molecule has 0 saturated carbocycles. The Labute approximate surface area is 94.5 Å². The Balaban J connectivity index is 3.38. The molecule has 0 heterocycles. The highest BCUT2D eigenvalue weighted by Gasteiger charge is 2.12. The standard InChI is InChI=1S/C10H20F2N2O2/c1-10(2,13)4-3-9(15)14-5-6-16-7-8(11)12/h8H,3-7,13H2,1-2H3,(H,14,15). The van der Waals surface area contributed by atoms with Crippen LogP contribution < -0.4 is 11.1 Å². The lowest BCUT2D eigenvalue weighted by Gasteiger charge is -2.17. The maximum absolute atomic E-state index is 11.6. The van der Waals surface area contributed by atoms with Crippen LogP contribution in [0.2, 0.25) is 0 Å². The van der Waals surface area contributed by atoms with Gasteiger partial charge in [-0.3, -0.25) is 4.79 Å². The van der Waals surface area contributed by atoms with Crippen LogP contribution in [0, 0.1) is 0 Å². The van der Waals surface area contributed by atoms with E-state index in [2.05, 4.69) is 10.1 Å². The molecule has 0 saturated heterocycles. The summed E-state index contributed by atoms with van der Waals surface area (Å²) in [4.78, 5) is 11.2. The van der Waals surface area contributed by atoms with Crippen LogP contribution in [-0.2, 0) is 9.53 Å². The Kier molecular flexibility index (Phi) is 7.16. The molecule has 0 aromatic heterocycles. The minimum Gasteiger partial charge on any atom is -0.374 e. The molecule has 16 heavy (non-hydrogen) atoms. The van der Waals surface area contributed by atoms with E-state index in [1.807, 2.05) is 13.8 Å². The summed E-state index contributed by atoms with van der Waals surface area (Å²) in [5.74, 6) is -0.140. The van der Waals surface area contributed by atoms with Crippen LogP contribution in [0.5, 0.6) is 0 Å². The van der Waals surface area contributed by atoms with Crippen molar-refractivity contribution in [2.75, 3.05) is 19.8 Å². The molecule has 3 N–H and O–H groups in total. The fraction of sp³-hybridized carbons (Fsp3) is 0.900. The normalized spacial score (nSPS) is 11.9. The monoisotopic (exact) mass is 238 g/mol. The molecule has 0 aliphatic rings. The maximum atomic E-state index is 11.6. The summed E-state index contributed by atoms with van der Waals surface area (Å²) in [5, 5.41) is 2.56. The molecule has 0 aromatic rings. The quantitative estimate of drug-likeness (QED) is 0.617. The molecule has 0 fully saturated rings. The van der Waals surface area contributed by atoms with Crippen LogP contribution in [0.4, 0.5) is 8.78 Å². The van der Waals surface area contributed by atoms with Crippen molar-refractivity contribution in [2.45, 2.75) is 38.7 Å². The third-order valence-electron chi connectivity index (χ3n) is 1.81. The number of halogens is 2. The fourth-order valence-electron chi connectivity index (χ4n) is 0.959. The van der Waals surface area contributed by atoms with E-state index in [0.29, 0.717) is 12.8 Å². The van der Waals surface area contributed by atoms with E-state index >= 15 is 0 Å². The average Bonchev–Trinajstić information content (AvgIpc) is 2.12. The number of ether oxygens (including phenoxy) is 1. The summed E-state index contributed by atoms with van der Waals surface area (Å²) in [6, 6.07) is 0. The molecule has 0 aromatic carbocycles. The molecule has 0 unspecified atom stereocenters. The largest absolute Gasteiger partial charge is 0.374 e. The number of amides is 1. The minimum absolute atomic E-state index is 0.0993. The predicted octanol–water partition coefficient (Wildman–Crippen LogP) is 0.902. The number of alkyl halides is 2. The van der Waals surface area contributed by atoms with Crippen molar-refractivity contribution in [3.63, 3.8) is 0 Å². The molecule has 0 bridgehead atoms. The molecule has 6 heteroatoms. The minimum atomic E-state index is -2.46. The molecular formula is C10H20F2N2O2. The number of hydrogen-bond donors (Lipinski definition) is 2. The smallest absolute Gasteiger partial charge is 0.261 e. The summed E-state index contributed by atoms with van der Waals surface area (Å²) in [6.07, 6.45) is -1.55. The SMILES string of the molecule is CC(C)(N)CCC(=O)NCCOCC(F)F. The van der Waals surface area contributed by atoms with Crippen molar-refractivity contribution < 1.29 is 18.3 Å². The molecule has 0 radical (unpaired) electrons. The molecule has 1 amide bonds. The number of hydrogen-bond acceptors (Lipinski definition) is 3. The number of rotatable bonds is 8. The number of carbonyl (C=O) groups is 1. The van der Waals surface area contributed by atoms with Gasteiger partial charge in [0.15, 0.2) is 0 Å². The van der Waals surface area contributed by atoms with Crippen molar-refractivity contribution >= 4 is 5.91 Å². The van der Waals surface area contributed by atoms with Gasteiger partial charge in [0.25, 0.3) is 6.43 Å². The van der Waals surface area contributed by atoms with Crippen molar-refractivity contribution in [1.82, 2.24) is 5.32 Å². The van der Waals surface area contributed by atoms with Gasteiger partial charge in [-0.1, -0.05) is 0 Å². The Morgan fingerprint density at radius 1 is 1.50 bits per heavy atom. The first-order chi connectivity index (χ1) is 7.31. The van der Waals surface area contributed by atoms with E-state index in [4.69, 9.17) is 5.73 Å². The van der Waals surface area contributed by atoms with Gasteiger partial charge in [-0.05, 0) is 20.3 Å². The van der Waals surface area contributed by atoms with Crippen molar-refractivity contribution in [3.8, 4) is 0 Å². The number of nitrogens with one attached hydrogen (secondary N) is 1. The zero-order valence-electron chi connectivity index (χ0n) is 9.76. The Hall–Kier alpha value is -0.750. The van der Waals surface area contributed by atoms with E-state index < -0.39 is 13.0 Å². The lowest BCUT2D eigenvalue weighted by Crippen LogP contribution is -2.35. The van der Waals surface area contributed by atoms with Crippen molar-refractivity contribution in [3.05, 3.63) is 0 Å². The van der Waals surface area contributed by atoms with Crippen LogP contribution >= 0.6 is 0 Å². The second-order valence-corrected chi connectivity index (χ2v) is 4.30. The molecule has 0 rings (SSSR count). The van der Waals surface area contributed by atoms with Gasteiger partial charge in [-0.2, -0.15) is 0 Å². The number of carbonyl (C=O) groups excluding carboxylic acids is 1. The Morgan fingerprint density at radius 2 is 2.12 bits per heavy atom. The van der Waals surface area contributed by atoms with E-state index in [1.54, 1.807) is 0 Å². The van der Waals surface area contributed by atoms with Crippen LogP contribution in [0.25, 0.3) is 0 Å². The summed E-state index contributed by atoms with van der Waals surface area (Å²) in [7, 11) is 0. The van der Waals surface area contributed by atoms with E-state index in [1.165, 1.54) is 0 Å². The predicted molar refractivity (Wildman–Crippen MR) is 57.3 cm³/mol. The summed E-state index contributed by atoms with van der Waals surface area (Å²) < 4.78 is 27.9. The lowest BCUT2D eigenvalue weighted by molar-refractivity contribution is -0.121. The number of nitrogens with two attached hydrogens (primary N) is 1. The third-order valence-corrected chi connectivity index (χ3v) is 1.81. The highest BCUT2D eigenvalue weighted by molar-refractivity contribution is 5.75.